The number of carbonyl (C=O) groups is 1. The molecule has 0 fully saturated rings. The molecule has 0 aliphatic carbocycles. The summed E-state index contributed by atoms with van der Waals surface area (Å²) < 4.78 is 0. The summed E-state index contributed by atoms with van der Waals surface area (Å²) in [6, 6.07) is 7.99. The molecule has 0 saturated carbocycles. The van der Waals surface area contributed by atoms with Crippen LogP contribution in [0, 0.1) is 6.92 Å². The maximum atomic E-state index is 11.9. The van der Waals surface area contributed by atoms with Gasteiger partial charge in [0.1, 0.15) is 0 Å². The van der Waals surface area contributed by atoms with Crippen LogP contribution < -0.4 is 0 Å². The Bertz CT molecular complexity index is 373. The summed E-state index contributed by atoms with van der Waals surface area (Å²) in [6.07, 6.45) is 1.10. The molecule has 4 nitrogen and oxygen atoms in total. The van der Waals surface area contributed by atoms with Gasteiger partial charge in [0, 0.05) is 19.5 Å². The van der Waals surface area contributed by atoms with Gasteiger partial charge in [0.15, 0.2) is 0 Å². The molecule has 0 unspecified atom stereocenters. The topological polar surface area (TPSA) is 60.8 Å². The normalized spacial score (nSPS) is 10.4. The highest BCUT2D eigenvalue weighted by Gasteiger charge is 2.12. The van der Waals surface area contributed by atoms with E-state index >= 15 is 0 Å². The van der Waals surface area contributed by atoms with Gasteiger partial charge in [-0.05, 0) is 24.5 Å². The van der Waals surface area contributed by atoms with E-state index in [0.717, 1.165) is 0 Å². The molecule has 18 heavy (non-hydrogen) atoms. The Hall–Kier alpha value is -1.39. The molecule has 0 radical (unpaired) electrons. The number of carbonyl (C=O) groups excluding carboxylic acids is 1. The first-order valence-electron chi connectivity index (χ1n) is 6.23. The van der Waals surface area contributed by atoms with Crippen molar-refractivity contribution < 1.29 is 15.0 Å². The number of rotatable bonds is 7. The summed E-state index contributed by atoms with van der Waals surface area (Å²) >= 11 is 0. The molecule has 0 saturated heterocycles. The Balaban J connectivity index is 2.51. The lowest BCUT2D eigenvalue weighted by atomic mass is 10.0. The van der Waals surface area contributed by atoms with Crippen molar-refractivity contribution >= 4 is 5.91 Å². The molecule has 0 aliphatic heterocycles. The Morgan fingerprint density at radius 2 is 1.78 bits per heavy atom. The number of aryl methyl sites for hydroxylation is 2. The van der Waals surface area contributed by atoms with E-state index < -0.39 is 0 Å². The van der Waals surface area contributed by atoms with Gasteiger partial charge in [0.2, 0.25) is 5.91 Å². The van der Waals surface area contributed by atoms with Gasteiger partial charge in [-0.3, -0.25) is 4.79 Å². The fraction of sp³-hybridized carbons (Fsp3) is 0.500. The molecule has 0 bridgehead atoms. The van der Waals surface area contributed by atoms with Gasteiger partial charge in [0.05, 0.1) is 13.2 Å². The molecule has 1 aromatic rings. The highest BCUT2D eigenvalue weighted by atomic mass is 16.3. The number of amides is 1. The second kappa shape index (κ2) is 7.84. The lowest BCUT2D eigenvalue weighted by Crippen LogP contribution is -2.36. The van der Waals surface area contributed by atoms with Crippen LogP contribution in [-0.2, 0) is 11.2 Å². The molecule has 0 atom stereocenters. The van der Waals surface area contributed by atoms with Crippen LogP contribution in [0.3, 0.4) is 0 Å². The van der Waals surface area contributed by atoms with Crippen molar-refractivity contribution in [2.45, 2.75) is 19.8 Å². The van der Waals surface area contributed by atoms with Gasteiger partial charge < -0.3 is 15.1 Å². The zero-order chi connectivity index (χ0) is 13.4. The van der Waals surface area contributed by atoms with Crippen molar-refractivity contribution in [1.29, 1.82) is 0 Å². The van der Waals surface area contributed by atoms with E-state index in [1.165, 1.54) is 16.0 Å². The van der Waals surface area contributed by atoms with Gasteiger partial charge in [-0.25, -0.2) is 0 Å². The van der Waals surface area contributed by atoms with Gasteiger partial charge in [0.25, 0.3) is 0 Å². The zero-order valence-corrected chi connectivity index (χ0v) is 10.8. The van der Waals surface area contributed by atoms with Crippen LogP contribution in [-0.4, -0.2) is 47.3 Å². The minimum absolute atomic E-state index is 0.0265. The monoisotopic (exact) mass is 251 g/mol. The fourth-order valence-corrected chi connectivity index (χ4v) is 1.89. The molecule has 0 aromatic heterocycles. The van der Waals surface area contributed by atoms with Gasteiger partial charge in [-0.2, -0.15) is 0 Å². The van der Waals surface area contributed by atoms with Gasteiger partial charge in [-0.1, -0.05) is 24.3 Å². The summed E-state index contributed by atoms with van der Waals surface area (Å²) in [5.74, 6) is -0.0265. The van der Waals surface area contributed by atoms with E-state index in [0.29, 0.717) is 12.8 Å². The van der Waals surface area contributed by atoms with Crippen molar-refractivity contribution in [2.75, 3.05) is 26.3 Å². The van der Waals surface area contributed by atoms with Gasteiger partial charge in [-0.15, -0.1) is 0 Å². The summed E-state index contributed by atoms with van der Waals surface area (Å²) in [4.78, 5) is 13.4. The summed E-state index contributed by atoms with van der Waals surface area (Å²) in [6.45, 7) is 2.45. The third kappa shape index (κ3) is 4.47. The van der Waals surface area contributed by atoms with Crippen molar-refractivity contribution in [2.24, 2.45) is 0 Å². The second-order valence-electron chi connectivity index (χ2n) is 4.25. The van der Waals surface area contributed by atoms with Crippen LogP contribution in [0.25, 0.3) is 0 Å². The number of nitrogens with zero attached hydrogens (tertiary/aromatic N) is 1. The summed E-state index contributed by atoms with van der Waals surface area (Å²) in [5.41, 5.74) is 2.35. The predicted molar refractivity (Wildman–Crippen MR) is 70.3 cm³/mol. The highest BCUT2D eigenvalue weighted by Crippen LogP contribution is 2.10. The van der Waals surface area contributed by atoms with Crippen LogP contribution in [0.15, 0.2) is 24.3 Å². The number of aliphatic hydroxyl groups excluding tert-OH is 2. The molecular formula is C14H21NO3. The third-order valence-electron chi connectivity index (χ3n) is 2.96. The lowest BCUT2D eigenvalue weighted by Gasteiger charge is -2.20. The molecule has 0 heterocycles. The molecule has 1 amide bonds. The number of hydrogen-bond acceptors (Lipinski definition) is 3. The Labute approximate surface area is 108 Å². The molecule has 2 N–H and O–H groups in total. The zero-order valence-electron chi connectivity index (χ0n) is 10.8. The summed E-state index contributed by atoms with van der Waals surface area (Å²) in [7, 11) is 0. The number of aliphatic hydroxyl groups is 2. The Morgan fingerprint density at radius 1 is 1.17 bits per heavy atom. The maximum Gasteiger partial charge on any atom is 0.223 e. The van der Waals surface area contributed by atoms with E-state index in [1.807, 2.05) is 31.2 Å². The van der Waals surface area contributed by atoms with Crippen LogP contribution >= 0.6 is 0 Å². The van der Waals surface area contributed by atoms with Crippen molar-refractivity contribution in [3.8, 4) is 0 Å². The average Bonchev–Trinajstić information content (AvgIpc) is 2.37. The Morgan fingerprint density at radius 3 is 2.33 bits per heavy atom. The van der Waals surface area contributed by atoms with E-state index in [1.54, 1.807) is 0 Å². The lowest BCUT2D eigenvalue weighted by molar-refractivity contribution is -0.132. The van der Waals surface area contributed by atoms with E-state index in [9.17, 15) is 4.79 Å². The van der Waals surface area contributed by atoms with Crippen molar-refractivity contribution in [3.05, 3.63) is 35.4 Å². The first-order chi connectivity index (χ1) is 8.69. The maximum absolute atomic E-state index is 11.9. The van der Waals surface area contributed by atoms with E-state index in [2.05, 4.69) is 0 Å². The van der Waals surface area contributed by atoms with Crippen molar-refractivity contribution in [1.82, 2.24) is 4.90 Å². The smallest absolute Gasteiger partial charge is 0.223 e. The largest absolute Gasteiger partial charge is 0.395 e. The molecule has 0 aliphatic rings. The SMILES string of the molecule is Cc1ccccc1CCC(=O)N(CCO)CCO. The number of benzene rings is 1. The third-order valence-corrected chi connectivity index (χ3v) is 2.96. The van der Waals surface area contributed by atoms with Crippen LogP contribution in [0.2, 0.25) is 0 Å². The standard InChI is InChI=1S/C14H21NO3/c1-12-4-2-3-5-13(12)6-7-14(18)15(8-10-16)9-11-17/h2-5,16-17H,6-11H2,1H3. The molecular weight excluding hydrogens is 230 g/mol. The highest BCUT2D eigenvalue weighted by molar-refractivity contribution is 5.76. The first kappa shape index (κ1) is 14.7. The minimum atomic E-state index is -0.0733. The molecule has 1 aromatic carbocycles. The van der Waals surface area contributed by atoms with Crippen molar-refractivity contribution in [3.63, 3.8) is 0 Å². The van der Waals surface area contributed by atoms with Crippen LogP contribution in [0.1, 0.15) is 17.5 Å². The first-order valence-corrected chi connectivity index (χ1v) is 6.23. The molecule has 100 valence electrons. The van der Waals surface area contributed by atoms with Crippen LogP contribution in [0.5, 0.6) is 0 Å². The average molecular weight is 251 g/mol. The minimum Gasteiger partial charge on any atom is -0.395 e. The molecule has 4 heteroatoms. The Kier molecular flexibility index (Phi) is 6.39. The van der Waals surface area contributed by atoms with Crippen LogP contribution in [0.4, 0.5) is 0 Å². The van der Waals surface area contributed by atoms with E-state index in [-0.39, 0.29) is 32.2 Å². The quantitative estimate of drug-likeness (QED) is 0.751. The number of hydrogen-bond donors (Lipinski definition) is 2. The van der Waals surface area contributed by atoms with Gasteiger partial charge >= 0.3 is 0 Å². The van der Waals surface area contributed by atoms with E-state index in [4.69, 9.17) is 10.2 Å². The predicted octanol–water partition coefficient (Wildman–Crippen LogP) is 0.741. The molecule has 1 rings (SSSR count). The fourth-order valence-electron chi connectivity index (χ4n) is 1.89. The summed E-state index contributed by atoms with van der Waals surface area (Å²) in [5, 5.41) is 17.7. The molecule has 0 spiro atoms. The second-order valence-corrected chi connectivity index (χ2v) is 4.25.